The van der Waals surface area contributed by atoms with Crippen LogP contribution in [-0.2, 0) is 12.1 Å². The number of hydrogen-bond acceptors (Lipinski definition) is 7. The van der Waals surface area contributed by atoms with Crippen molar-refractivity contribution < 1.29 is 14.6 Å². The smallest absolute Gasteiger partial charge is 0.355 e. The fraction of sp³-hybridized carbons (Fsp3) is 0.156. The second-order valence-corrected chi connectivity index (χ2v) is 11.2. The van der Waals surface area contributed by atoms with Crippen LogP contribution in [-0.4, -0.2) is 30.2 Å². The van der Waals surface area contributed by atoms with Gasteiger partial charge in [-0.1, -0.05) is 35.9 Å². The summed E-state index contributed by atoms with van der Waals surface area (Å²) >= 11 is 6.03. The van der Waals surface area contributed by atoms with Gasteiger partial charge in [-0.25, -0.2) is 23.9 Å². The molecule has 2 aromatic heterocycles. The van der Waals surface area contributed by atoms with E-state index in [0.29, 0.717) is 22.3 Å². The van der Waals surface area contributed by atoms with Crippen molar-refractivity contribution in [3.05, 3.63) is 128 Å². The quantitative estimate of drug-likeness (QED) is 0.218. The first-order chi connectivity index (χ1) is 20.5. The number of halogens is 1. The number of carboxylic acid groups (broad SMARTS) is 1. The van der Waals surface area contributed by atoms with Crippen molar-refractivity contribution in [3.8, 4) is 22.8 Å². The molecule has 5 rings (SSSR count). The average molecular weight is 598 g/mol. The van der Waals surface area contributed by atoms with E-state index in [1.807, 2.05) is 18.2 Å². The Bertz CT molecular complexity index is 1890. The molecule has 0 amide bonds. The molecule has 0 unspecified atom stereocenters. The number of nitrogens with one attached hydrogen (secondary N) is 1. The summed E-state index contributed by atoms with van der Waals surface area (Å²) in [4.78, 5) is 46.2. The van der Waals surface area contributed by atoms with Crippen LogP contribution in [0.25, 0.3) is 11.1 Å². The Morgan fingerprint density at radius 1 is 0.953 bits per heavy atom. The molecule has 0 aliphatic carbocycles. The van der Waals surface area contributed by atoms with Crippen LogP contribution < -0.4 is 21.4 Å². The number of carboxylic acids is 1. The molecule has 5 aromatic rings. The largest absolute Gasteiger partial charge is 0.478 e. The zero-order chi connectivity index (χ0) is 30.7. The third kappa shape index (κ3) is 6.82. The van der Waals surface area contributed by atoms with Crippen LogP contribution in [0.5, 0.6) is 11.6 Å². The van der Waals surface area contributed by atoms with Gasteiger partial charge in [0.2, 0.25) is 11.8 Å². The van der Waals surface area contributed by atoms with Gasteiger partial charge in [0.25, 0.3) is 0 Å². The van der Waals surface area contributed by atoms with E-state index < -0.39 is 22.9 Å². The number of anilines is 2. The van der Waals surface area contributed by atoms with Crippen molar-refractivity contribution in [1.82, 2.24) is 19.1 Å². The highest BCUT2D eigenvalue weighted by atomic mass is 35.5. The van der Waals surface area contributed by atoms with Crippen molar-refractivity contribution in [3.63, 3.8) is 0 Å². The van der Waals surface area contributed by atoms with Gasteiger partial charge in [0.05, 0.1) is 12.1 Å². The summed E-state index contributed by atoms with van der Waals surface area (Å²) in [6, 6.07) is 24.1. The zero-order valence-corrected chi connectivity index (χ0v) is 24.4. The van der Waals surface area contributed by atoms with Crippen LogP contribution in [0.1, 0.15) is 36.7 Å². The Hall–Kier alpha value is -5.22. The second-order valence-electron chi connectivity index (χ2n) is 10.7. The first-order valence-corrected chi connectivity index (χ1v) is 13.7. The number of rotatable bonds is 8. The van der Waals surface area contributed by atoms with Crippen molar-refractivity contribution in [1.29, 1.82) is 0 Å². The maximum Gasteiger partial charge on any atom is 0.355 e. The number of pyridine rings is 1. The van der Waals surface area contributed by atoms with Crippen molar-refractivity contribution in [2.24, 2.45) is 0 Å². The minimum Gasteiger partial charge on any atom is -0.478 e. The Morgan fingerprint density at radius 3 is 2.30 bits per heavy atom. The van der Waals surface area contributed by atoms with Gasteiger partial charge in [-0.3, -0.25) is 4.57 Å². The summed E-state index contributed by atoms with van der Waals surface area (Å²) in [6.07, 6.45) is 1.61. The van der Waals surface area contributed by atoms with Gasteiger partial charge in [0, 0.05) is 34.1 Å². The third-order valence-electron chi connectivity index (χ3n) is 6.51. The van der Waals surface area contributed by atoms with E-state index in [2.05, 4.69) is 15.3 Å². The van der Waals surface area contributed by atoms with Gasteiger partial charge in [-0.05, 0) is 86.5 Å². The molecule has 0 bridgehead atoms. The Kier molecular flexibility index (Phi) is 8.13. The highest BCUT2D eigenvalue weighted by Gasteiger charge is 2.23. The SMILES string of the molecule is CC(C)(C)n1c(=O)nc(Nc2ccc(Oc3ccc(-c4cccc(C(=O)O)c4)cn3)cc2)n(Cc2ccc(Cl)cc2)c1=O. The van der Waals surface area contributed by atoms with E-state index in [0.717, 1.165) is 21.3 Å². The fourth-order valence-electron chi connectivity index (χ4n) is 4.38. The lowest BCUT2D eigenvalue weighted by molar-refractivity contribution is 0.0697. The second kappa shape index (κ2) is 11.9. The summed E-state index contributed by atoms with van der Waals surface area (Å²) in [5, 5.41) is 12.9. The van der Waals surface area contributed by atoms with E-state index in [4.69, 9.17) is 16.3 Å². The molecule has 218 valence electrons. The number of aromatic nitrogens is 4. The minimum atomic E-state index is -0.998. The molecule has 43 heavy (non-hydrogen) atoms. The Balaban J connectivity index is 1.36. The molecule has 3 aromatic carbocycles. The molecular weight excluding hydrogens is 570 g/mol. The first kappa shape index (κ1) is 29.3. The number of aromatic carboxylic acids is 1. The van der Waals surface area contributed by atoms with Crippen molar-refractivity contribution >= 4 is 29.2 Å². The van der Waals surface area contributed by atoms with Crippen LogP contribution in [0.3, 0.4) is 0 Å². The van der Waals surface area contributed by atoms with Gasteiger partial charge >= 0.3 is 17.3 Å². The number of hydrogen-bond donors (Lipinski definition) is 2. The molecule has 0 saturated carbocycles. The average Bonchev–Trinajstić information content (AvgIpc) is 2.97. The fourth-order valence-corrected chi connectivity index (χ4v) is 4.50. The molecule has 0 aliphatic rings. The van der Waals surface area contributed by atoms with Crippen molar-refractivity contribution in [2.75, 3.05) is 5.32 Å². The van der Waals surface area contributed by atoms with Gasteiger partial charge in [-0.2, -0.15) is 4.98 Å². The molecule has 11 heteroatoms. The predicted molar refractivity (Wildman–Crippen MR) is 165 cm³/mol. The molecule has 0 radical (unpaired) electrons. The van der Waals surface area contributed by atoms with E-state index >= 15 is 0 Å². The van der Waals surface area contributed by atoms with E-state index in [9.17, 15) is 19.5 Å². The number of nitrogens with zero attached hydrogens (tertiary/aromatic N) is 4. The van der Waals surface area contributed by atoms with E-state index in [1.165, 1.54) is 10.6 Å². The molecule has 0 atom stereocenters. The highest BCUT2D eigenvalue weighted by Crippen LogP contribution is 2.26. The lowest BCUT2D eigenvalue weighted by atomic mass is 10.1. The summed E-state index contributed by atoms with van der Waals surface area (Å²) in [5.41, 5.74) is 1.15. The van der Waals surface area contributed by atoms with Gasteiger partial charge in [0.15, 0.2) is 0 Å². The lowest BCUT2D eigenvalue weighted by Crippen LogP contribution is -2.49. The van der Waals surface area contributed by atoms with Crippen LogP contribution in [0.2, 0.25) is 5.02 Å². The summed E-state index contributed by atoms with van der Waals surface area (Å²) < 4.78 is 8.42. The Labute approximate surface area is 251 Å². The molecule has 2 heterocycles. The Morgan fingerprint density at radius 2 is 1.67 bits per heavy atom. The summed E-state index contributed by atoms with van der Waals surface area (Å²) in [6.45, 7) is 5.49. The standard InChI is InChI=1S/C32H28ClN5O5/c1-32(2,3)38-30(41)36-29(37(31(38)42)19-20-7-10-24(33)11-8-20)35-25-12-14-26(15-13-25)43-27-16-9-23(18-34-27)21-5-4-6-22(17-21)28(39)40/h4-18H,19H2,1-3H3,(H,39,40)(H,35,36,41). The van der Waals surface area contributed by atoms with Gasteiger partial charge < -0.3 is 15.2 Å². The molecule has 0 saturated heterocycles. The number of benzene rings is 3. The molecule has 10 nitrogen and oxygen atoms in total. The number of carbonyl (C=O) groups is 1. The van der Waals surface area contributed by atoms with Gasteiger partial charge in [-0.15, -0.1) is 0 Å². The molecule has 2 N–H and O–H groups in total. The highest BCUT2D eigenvalue weighted by molar-refractivity contribution is 6.30. The van der Waals surface area contributed by atoms with Crippen molar-refractivity contribution in [2.45, 2.75) is 32.9 Å². The zero-order valence-electron chi connectivity index (χ0n) is 23.6. The molecule has 0 fully saturated rings. The maximum absolute atomic E-state index is 13.5. The normalized spacial score (nSPS) is 11.3. The maximum atomic E-state index is 13.5. The molecular formula is C32H28ClN5O5. The van der Waals surface area contributed by atoms with Crippen LogP contribution in [0.15, 0.2) is 101 Å². The van der Waals surface area contributed by atoms with Crippen LogP contribution >= 0.6 is 11.6 Å². The monoisotopic (exact) mass is 597 g/mol. The number of ether oxygens (including phenoxy) is 1. The minimum absolute atomic E-state index is 0.100. The molecule has 0 aliphatic heterocycles. The topological polar surface area (TPSA) is 128 Å². The van der Waals surface area contributed by atoms with E-state index in [-0.39, 0.29) is 18.1 Å². The third-order valence-corrected chi connectivity index (χ3v) is 6.76. The van der Waals surface area contributed by atoms with Crippen LogP contribution in [0, 0.1) is 0 Å². The molecule has 0 spiro atoms. The van der Waals surface area contributed by atoms with Crippen LogP contribution in [0.4, 0.5) is 11.6 Å². The predicted octanol–water partition coefficient (Wildman–Crippen LogP) is 6.16. The first-order valence-electron chi connectivity index (χ1n) is 13.3. The lowest BCUT2D eigenvalue weighted by Gasteiger charge is -2.23. The summed E-state index contributed by atoms with van der Waals surface area (Å²) in [7, 11) is 0. The summed E-state index contributed by atoms with van der Waals surface area (Å²) in [5.74, 6) is -0.0395. The van der Waals surface area contributed by atoms with Gasteiger partial charge in [0.1, 0.15) is 5.75 Å². The van der Waals surface area contributed by atoms with E-state index in [1.54, 1.807) is 87.6 Å².